The minimum atomic E-state index is -3.36. The molecule has 0 aliphatic rings. The second-order valence-electron chi connectivity index (χ2n) is 2.36. The van der Waals surface area contributed by atoms with Crippen molar-refractivity contribution < 1.29 is 8.42 Å². The fourth-order valence-electron chi connectivity index (χ4n) is 0.407. The Kier molecular flexibility index (Phi) is 4.61. The Labute approximate surface area is 77.9 Å². The zero-order valence-electron chi connectivity index (χ0n) is 6.99. The number of rotatable bonds is 5. The Bertz CT molecular complexity index is 249. The molecule has 0 amide bonds. The largest absolute Gasteiger partial charge is 0.393 e. The number of nitrogens with one attached hydrogen (secondary N) is 2. The molecule has 4 N–H and O–H groups in total. The fraction of sp³-hybridized carbons (Fsp3) is 0.800. The zero-order valence-corrected chi connectivity index (χ0v) is 8.63. The van der Waals surface area contributed by atoms with E-state index in [2.05, 4.69) is 21.7 Å². The van der Waals surface area contributed by atoms with Crippen molar-refractivity contribution in [2.24, 2.45) is 11.7 Å². The lowest BCUT2D eigenvalue weighted by molar-refractivity contribution is 0.567. The smallest absolute Gasteiger partial charge is 0.276 e. The summed E-state index contributed by atoms with van der Waals surface area (Å²) in [5.74, 6) is -0.136. The molecule has 0 saturated heterocycles. The van der Waals surface area contributed by atoms with E-state index in [9.17, 15) is 8.42 Å². The molecule has 0 heterocycles. The molecule has 0 aromatic carbocycles. The average Bonchev–Trinajstić information content (AvgIpc) is 2.00. The second kappa shape index (κ2) is 4.70. The molecule has 0 fully saturated rings. The topological polar surface area (TPSA) is 84.2 Å². The van der Waals surface area contributed by atoms with Crippen LogP contribution in [0.3, 0.4) is 0 Å². The molecule has 72 valence electrons. The number of hydrogen-bond donors (Lipinski definition) is 3. The molecule has 1 unspecified atom stereocenters. The third-order valence-electron chi connectivity index (χ3n) is 1.33. The lowest BCUT2D eigenvalue weighted by atomic mass is 10.2. The molecule has 7 heteroatoms. The molecule has 0 aliphatic heterocycles. The normalized spacial score (nSPS) is 14.2. The SMILES string of the molecule is CNS(=O)(=O)NCC(C)C(N)=S. The van der Waals surface area contributed by atoms with Gasteiger partial charge in [-0.1, -0.05) is 19.1 Å². The van der Waals surface area contributed by atoms with Crippen LogP contribution in [0.4, 0.5) is 0 Å². The summed E-state index contributed by atoms with van der Waals surface area (Å²) < 4.78 is 26.0. The van der Waals surface area contributed by atoms with Crippen molar-refractivity contribution in [3.05, 3.63) is 0 Å². The Morgan fingerprint density at radius 1 is 1.67 bits per heavy atom. The maximum atomic E-state index is 10.8. The standard InChI is InChI=1S/C5H13N3O2S2/c1-4(5(6)11)3-8-12(9,10)7-2/h4,7-8H,3H2,1-2H3,(H2,6,11). The van der Waals surface area contributed by atoms with Gasteiger partial charge in [0.25, 0.3) is 10.2 Å². The van der Waals surface area contributed by atoms with Gasteiger partial charge >= 0.3 is 0 Å². The van der Waals surface area contributed by atoms with Crippen molar-refractivity contribution >= 4 is 27.4 Å². The van der Waals surface area contributed by atoms with Crippen LogP contribution in [0.15, 0.2) is 0 Å². The summed E-state index contributed by atoms with van der Waals surface area (Å²) in [5, 5.41) is 0. The summed E-state index contributed by atoms with van der Waals surface area (Å²) in [6.07, 6.45) is 0. The zero-order chi connectivity index (χ0) is 9.78. The maximum Gasteiger partial charge on any atom is 0.276 e. The van der Waals surface area contributed by atoms with Gasteiger partial charge in [0.1, 0.15) is 0 Å². The van der Waals surface area contributed by atoms with Gasteiger partial charge in [0, 0.05) is 19.5 Å². The van der Waals surface area contributed by atoms with Gasteiger partial charge in [-0.2, -0.15) is 8.42 Å². The van der Waals surface area contributed by atoms with E-state index in [-0.39, 0.29) is 12.5 Å². The maximum absolute atomic E-state index is 10.8. The van der Waals surface area contributed by atoms with Crippen LogP contribution in [0, 0.1) is 5.92 Å². The van der Waals surface area contributed by atoms with Crippen LogP contribution in [0.5, 0.6) is 0 Å². The molecule has 0 aromatic rings. The van der Waals surface area contributed by atoms with E-state index in [1.165, 1.54) is 7.05 Å². The molecular weight excluding hydrogens is 198 g/mol. The molecule has 0 aliphatic carbocycles. The van der Waals surface area contributed by atoms with Crippen molar-refractivity contribution in [1.82, 2.24) is 9.44 Å². The van der Waals surface area contributed by atoms with Crippen LogP contribution >= 0.6 is 12.2 Å². The summed E-state index contributed by atoms with van der Waals surface area (Å²) in [6, 6.07) is 0. The highest BCUT2D eigenvalue weighted by atomic mass is 32.2. The van der Waals surface area contributed by atoms with E-state index >= 15 is 0 Å². The predicted octanol–water partition coefficient (Wildman–Crippen LogP) is -1.04. The second-order valence-corrected chi connectivity index (χ2v) is 4.53. The van der Waals surface area contributed by atoms with Crippen LogP contribution in [-0.4, -0.2) is 27.0 Å². The van der Waals surface area contributed by atoms with E-state index in [1.54, 1.807) is 6.92 Å². The summed E-state index contributed by atoms with van der Waals surface area (Å²) in [5.41, 5.74) is 5.28. The number of hydrogen-bond acceptors (Lipinski definition) is 3. The highest BCUT2D eigenvalue weighted by Crippen LogP contribution is 1.92. The molecule has 0 saturated carbocycles. The first-order valence-corrected chi connectivity index (χ1v) is 5.25. The Hall–Kier alpha value is -0.240. The molecule has 0 bridgehead atoms. The van der Waals surface area contributed by atoms with Gasteiger partial charge in [0.15, 0.2) is 0 Å². The molecule has 1 atom stereocenters. The average molecular weight is 211 g/mol. The van der Waals surface area contributed by atoms with Gasteiger partial charge in [0.2, 0.25) is 0 Å². The van der Waals surface area contributed by atoms with Crippen LogP contribution in [0.25, 0.3) is 0 Å². The van der Waals surface area contributed by atoms with Crippen molar-refractivity contribution in [3.63, 3.8) is 0 Å². The van der Waals surface area contributed by atoms with Crippen LogP contribution < -0.4 is 15.2 Å². The summed E-state index contributed by atoms with van der Waals surface area (Å²) >= 11 is 4.67. The number of thiocarbonyl (C=S) groups is 1. The minimum Gasteiger partial charge on any atom is -0.393 e. The first-order valence-electron chi connectivity index (χ1n) is 3.36. The van der Waals surface area contributed by atoms with Crippen molar-refractivity contribution in [2.45, 2.75) is 6.92 Å². The Balaban J connectivity index is 3.92. The lowest BCUT2D eigenvalue weighted by Gasteiger charge is -2.10. The van der Waals surface area contributed by atoms with Crippen molar-refractivity contribution in [3.8, 4) is 0 Å². The van der Waals surface area contributed by atoms with E-state index in [0.717, 1.165) is 0 Å². The molecule has 0 radical (unpaired) electrons. The molecule has 0 rings (SSSR count). The van der Waals surface area contributed by atoms with Gasteiger partial charge < -0.3 is 5.73 Å². The van der Waals surface area contributed by atoms with Crippen molar-refractivity contribution in [2.75, 3.05) is 13.6 Å². The summed E-state index contributed by atoms with van der Waals surface area (Å²) in [4.78, 5) is 0.300. The van der Waals surface area contributed by atoms with Crippen LogP contribution in [0.1, 0.15) is 6.92 Å². The first-order chi connectivity index (χ1) is 5.39. The van der Waals surface area contributed by atoms with E-state index in [1.807, 2.05) is 0 Å². The lowest BCUT2D eigenvalue weighted by Crippen LogP contribution is -2.39. The van der Waals surface area contributed by atoms with Crippen molar-refractivity contribution in [1.29, 1.82) is 0 Å². The first kappa shape index (κ1) is 11.8. The van der Waals surface area contributed by atoms with Gasteiger partial charge in [0.05, 0.1) is 4.99 Å². The summed E-state index contributed by atoms with van der Waals surface area (Å²) in [7, 11) is -2.04. The molecule has 12 heavy (non-hydrogen) atoms. The monoisotopic (exact) mass is 211 g/mol. The number of nitrogens with two attached hydrogens (primary N) is 1. The fourth-order valence-corrected chi connectivity index (χ4v) is 1.10. The highest BCUT2D eigenvalue weighted by molar-refractivity contribution is 7.87. The third kappa shape index (κ3) is 4.60. The highest BCUT2D eigenvalue weighted by Gasteiger charge is 2.10. The van der Waals surface area contributed by atoms with Gasteiger partial charge in [-0.3, -0.25) is 0 Å². The van der Waals surface area contributed by atoms with Crippen LogP contribution in [-0.2, 0) is 10.2 Å². The van der Waals surface area contributed by atoms with E-state index < -0.39 is 10.2 Å². The predicted molar refractivity (Wildman–Crippen MR) is 51.9 cm³/mol. The molecule has 5 nitrogen and oxygen atoms in total. The van der Waals surface area contributed by atoms with Gasteiger partial charge in [-0.15, -0.1) is 0 Å². The van der Waals surface area contributed by atoms with E-state index in [4.69, 9.17) is 5.73 Å². The molecule has 0 aromatic heterocycles. The molecule has 0 spiro atoms. The minimum absolute atomic E-state index is 0.136. The van der Waals surface area contributed by atoms with Crippen LogP contribution in [0.2, 0.25) is 0 Å². The van der Waals surface area contributed by atoms with Gasteiger partial charge in [-0.25, -0.2) is 9.44 Å². The third-order valence-corrected chi connectivity index (χ3v) is 2.82. The van der Waals surface area contributed by atoms with E-state index in [0.29, 0.717) is 4.99 Å². The van der Waals surface area contributed by atoms with Gasteiger partial charge in [-0.05, 0) is 0 Å². The molecular formula is C5H13N3O2S2. The summed E-state index contributed by atoms with van der Waals surface area (Å²) in [6.45, 7) is 1.97. The quantitative estimate of drug-likeness (QED) is 0.507. The Morgan fingerprint density at radius 2 is 2.17 bits per heavy atom. The Morgan fingerprint density at radius 3 is 2.50 bits per heavy atom.